The van der Waals surface area contributed by atoms with Gasteiger partial charge in [0.15, 0.2) is 10.9 Å². The number of rotatable bonds is 8. The lowest BCUT2D eigenvalue weighted by Crippen LogP contribution is -2.38. The third-order valence-corrected chi connectivity index (χ3v) is 5.61. The number of hydrogen-bond donors (Lipinski definition) is 0. The first kappa shape index (κ1) is 20.2. The number of carbonyl (C=O) groups is 1. The number of nitrogens with zero attached hydrogens (tertiary/aromatic N) is 4. The molecule has 0 saturated carbocycles. The summed E-state index contributed by atoms with van der Waals surface area (Å²) in [6, 6.07) is 7.82. The average molecular weight is 423 g/mol. The highest BCUT2D eigenvalue weighted by Crippen LogP contribution is 2.32. The van der Waals surface area contributed by atoms with E-state index in [0.717, 1.165) is 23.3 Å². The molecule has 0 fully saturated rings. The molecule has 0 aliphatic rings. The molecule has 2 aromatic heterocycles. The van der Waals surface area contributed by atoms with Gasteiger partial charge in [-0.1, -0.05) is 36.8 Å². The van der Waals surface area contributed by atoms with E-state index in [9.17, 15) is 14.9 Å². The Balaban J connectivity index is 1.94. The minimum absolute atomic E-state index is 0.0939. The van der Waals surface area contributed by atoms with Gasteiger partial charge in [0, 0.05) is 18.1 Å². The van der Waals surface area contributed by atoms with Gasteiger partial charge in [0.25, 0.3) is 5.91 Å². The largest absolute Gasteiger partial charge is 0.433 e. The molecule has 10 heteroatoms. The molecule has 3 rings (SSSR count). The number of fused-ring (bicyclic) bond motifs is 1. The first-order valence-electron chi connectivity index (χ1n) is 8.77. The number of thiazole rings is 1. The van der Waals surface area contributed by atoms with Gasteiger partial charge < -0.3 is 9.32 Å². The highest BCUT2D eigenvalue weighted by atomic mass is 35.5. The summed E-state index contributed by atoms with van der Waals surface area (Å²) in [5.74, 6) is -1.03. The van der Waals surface area contributed by atoms with E-state index < -0.39 is 16.7 Å². The lowest BCUT2D eigenvalue weighted by molar-refractivity contribution is -0.402. The molecule has 0 aliphatic carbocycles. The summed E-state index contributed by atoms with van der Waals surface area (Å²) in [6.45, 7) is 6.80. The minimum Gasteiger partial charge on any atom is -0.395 e. The first-order valence-corrected chi connectivity index (χ1v) is 9.97. The minimum atomic E-state index is -0.670. The number of benzene rings is 1. The van der Waals surface area contributed by atoms with E-state index in [-0.39, 0.29) is 5.76 Å². The third-order valence-electron chi connectivity index (χ3n) is 4.33. The number of hydrogen-bond acceptors (Lipinski definition) is 7. The van der Waals surface area contributed by atoms with Gasteiger partial charge in [0.2, 0.25) is 0 Å². The van der Waals surface area contributed by atoms with Crippen LogP contribution in [-0.2, 0) is 0 Å². The molecule has 2 heterocycles. The number of likely N-dealkylation sites (N-methyl/N-ethyl adjacent to an activating group) is 1. The van der Waals surface area contributed by atoms with Gasteiger partial charge in [-0.05, 0) is 37.4 Å². The second-order valence-electron chi connectivity index (χ2n) is 5.99. The number of anilines is 1. The van der Waals surface area contributed by atoms with Gasteiger partial charge in [-0.3, -0.25) is 19.8 Å². The molecule has 148 valence electrons. The average Bonchev–Trinajstić information content (AvgIpc) is 3.31. The number of halogens is 1. The molecule has 1 amide bonds. The summed E-state index contributed by atoms with van der Waals surface area (Å²) in [7, 11) is 0. The van der Waals surface area contributed by atoms with Crippen LogP contribution >= 0.6 is 22.9 Å². The highest BCUT2D eigenvalue weighted by molar-refractivity contribution is 7.22. The SMILES string of the molecule is CCN(CC)CCN(C(=O)c1ccc([N+](=O)[O-])o1)c1nc2ccc(Cl)cc2s1. The third kappa shape index (κ3) is 4.32. The summed E-state index contributed by atoms with van der Waals surface area (Å²) >= 11 is 7.39. The number of aromatic nitrogens is 1. The van der Waals surface area contributed by atoms with Crippen LogP contribution in [0.4, 0.5) is 11.0 Å². The van der Waals surface area contributed by atoms with Crippen LogP contribution in [-0.4, -0.2) is 46.9 Å². The summed E-state index contributed by atoms with van der Waals surface area (Å²) in [6.07, 6.45) is 0. The van der Waals surface area contributed by atoms with Crippen molar-refractivity contribution >= 4 is 50.1 Å². The Hall–Kier alpha value is -2.49. The van der Waals surface area contributed by atoms with E-state index in [4.69, 9.17) is 16.0 Å². The molecular weight excluding hydrogens is 404 g/mol. The number of carbonyl (C=O) groups excluding carboxylic acids is 1. The quantitative estimate of drug-likeness (QED) is 0.393. The van der Waals surface area contributed by atoms with Crippen molar-refractivity contribution in [3.63, 3.8) is 0 Å². The van der Waals surface area contributed by atoms with E-state index in [1.807, 2.05) is 13.8 Å². The van der Waals surface area contributed by atoms with E-state index in [1.54, 1.807) is 18.2 Å². The Bertz CT molecular complexity index is 999. The van der Waals surface area contributed by atoms with E-state index in [1.165, 1.54) is 28.4 Å². The van der Waals surface area contributed by atoms with Crippen LogP contribution in [0.3, 0.4) is 0 Å². The second-order valence-corrected chi connectivity index (χ2v) is 7.43. The topological polar surface area (TPSA) is 92.7 Å². The van der Waals surface area contributed by atoms with Crippen LogP contribution in [0.5, 0.6) is 0 Å². The zero-order chi connectivity index (χ0) is 20.3. The Labute approximate surface area is 170 Å². The standard InChI is InChI=1S/C18H19ClN4O4S/c1-3-21(4-2)9-10-22(17(24)14-7-8-16(27-14)23(25)26)18-20-13-6-5-12(19)11-15(13)28-18/h5-8,11H,3-4,9-10H2,1-2H3. The molecule has 0 bridgehead atoms. The summed E-state index contributed by atoms with van der Waals surface area (Å²) < 4.78 is 5.97. The summed E-state index contributed by atoms with van der Waals surface area (Å²) in [5.41, 5.74) is 0.732. The van der Waals surface area contributed by atoms with Crippen molar-refractivity contribution < 1.29 is 14.1 Å². The van der Waals surface area contributed by atoms with Crippen molar-refractivity contribution in [3.8, 4) is 0 Å². The van der Waals surface area contributed by atoms with E-state index in [2.05, 4.69) is 9.88 Å². The molecular formula is C18H19ClN4O4S. The molecule has 0 saturated heterocycles. The zero-order valence-electron chi connectivity index (χ0n) is 15.4. The maximum atomic E-state index is 13.0. The Kier molecular flexibility index (Phi) is 6.28. The van der Waals surface area contributed by atoms with Crippen molar-refractivity contribution in [1.29, 1.82) is 0 Å². The van der Waals surface area contributed by atoms with Crippen LogP contribution in [0.25, 0.3) is 10.2 Å². The molecule has 8 nitrogen and oxygen atoms in total. The van der Waals surface area contributed by atoms with Crippen LogP contribution in [0.2, 0.25) is 5.02 Å². The van der Waals surface area contributed by atoms with Crippen molar-refractivity contribution in [2.24, 2.45) is 0 Å². The van der Waals surface area contributed by atoms with Crippen LogP contribution in [0, 0.1) is 10.1 Å². The molecule has 0 radical (unpaired) electrons. The van der Waals surface area contributed by atoms with Gasteiger partial charge in [-0.2, -0.15) is 0 Å². The molecule has 28 heavy (non-hydrogen) atoms. The molecule has 0 N–H and O–H groups in total. The maximum absolute atomic E-state index is 13.0. The lowest BCUT2D eigenvalue weighted by Gasteiger charge is -2.23. The molecule has 0 atom stereocenters. The Morgan fingerprint density at radius 3 is 2.64 bits per heavy atom. The maximum Gasteiger partial charge on any atom is 0.433 e. The van der Waals surface area contributed by atoms with Gasteiger partial charge in [-0.15, -0.1) is 0 Å². The summed E-state index contributed by atoms with van der Waals surface area (Å²) in [4.78, 5) is 31.5. The van der Waals surface area contributed by atoms with Crippen molar-refractivity contribution in [3.05, 3.63) is 51.2 Å². The Morgan fingerprint density at radius 2 is 2.00 bits per heavy atom. The predicted molar refractivity (Wildman–Crippen MR) is 109 cm³/mol. The first-order chi connectivity index (χ1) is 13.4. The molecule has 0 spiro atoms. The van der Waals surface area contributed by atoms with Crippen LogP contribution in [0.1, 0.15) is 24.4 Å². The van der Waals surface area contributed by atoms with Gasteiger partial charge >= 0.3 is 5.88 Å². The summed E-state index contributed by atoms with van der Waals surface area (Å²) in [5, 5.41) is 12.0. The fraction of sp³-hybridized carbons (Fsp3) is 0.333. The number of nitro groups is 1. The normalized spacial score (nSPS) is 11.3. The molecule has 0 unspecified atom stereocenters. The van der Waals surface area contributed by atoms with E-state index >= 15 is 0 Å². The van der Waals surface area contributed by atoms with Gasteiger partial charge in [-0.25, -0.2) is 4.98 Å². The number of furan rings is 1. The number of amides is 1. The molecule has 0 aliphatic heterocycles. The van der Waals surface area contributed by atoms with Gasteiger partial charge in [0.1, 0.15) is 4.92 Å². The highest BCUT2D eigenvalue weighted by Gasteiger charge is 2.26. The fourth-order valence-corrected chi connectivity index (χ4v) is 4.01. The fourth-order valence-electron chi connectivity index (χ4n) is 2.74. The van der Waals surface area contributed by atoms with Gasteiger partial charge in [0.05, 0.1) is 16.3 Å². The smallest absolute Gasteiger partial charge is 0.395 e. The second kappa shape index (κ2) is 8.68. The molecule has 3 aromatic rings. The Morgan fingerprint density at radius 1 is 1.25 bits per heavy atom. The van der Waals surface area contributed by atoms with Crippen molar-refractivity contribution in [1.82, 2.24) is 9.88 Å². The molecule has 1 aromatic carbocycles. The van der Waals surface area contributed by atoms with Crippen molar-refractivity contribution in [2.45, 2.75) is 13.8 Å². The zero-order valence-corrected chi connectivity index (χ0v) is 17.0. The predicted octanol–water partition coefficient (Wildman–Crippen LogP) is 4.44. The van der Waals surface area contributed by atoms with E-state index in [0.29, 0.717) is 23.2 Å². The lowest BCUT2D eigenvalue weighted by atomic mass is 10.3. The van der Waals surface area contributed by atoms with Crippen molar-refractivity contribution in [2.75, 3.05) is 31.1 Å². The van der Waals surface area contributed by atoms with Crippen LogP contribution < -0.4 is 4.90 Å². The monoisotopic (exact) mass is 422 g/mol. The van der Waals surface area contributed by atoms with Crippen LogP contribution in [0.15, 0.2) is 34.7 Å².